The number of hydrogen-bond acceptors (Lipinski definition) is 8. The van der Waals surface area contributed by atoms with Gasteiger partial charge in [-0.15, -0.1) is 0 Å². The first kappa shape index (κ1) is 31.4. The van der Waals surface area contributed by atoms with Crippen LogP contribution in [0, 0.1) is 0 Å². The molecule has 0 radical (unpaired) electrons. The molecular formula is C24H49N5O5Si4. The first-order valence-electron chi connectivity index (χ1n) is 13.4. The summed E-state index contributed by atoms with van der Waals surface area (Å²) in [7, 11) is -4.04. The van der Waals surface area contributed by atoms with Crippen molar-refractivity contribution in [3.05, 3.63) is 16.7 Å². The maximum Gasteiger partial charge on any atom is 0.275 e. The fraction of sp³-hybridized carbons (Fsp3) is 0.792. The summed E-state index contributed by atoms with van der Waals surface area (Å²) in [5.41, 5.74) is 0.726. The van der Waals surface area contributed by atoms with Gasteiger partial charge in [-0.05, 0) is 58.9 Å². The minimum atomic E-state index is -2.08. The Morgan fingerprint density at radius 3 is 1.92 bits per heavy atom. The van der Waals surface area contributed by atoms with Crippen LogP contribution in [0.25, 0.3) is 11.2 Å². The van der Waals surface area contributed by atoms with Gasteiger partial charge in [0.05, 0.1) is 12.9 Å². The lowest BCUT2D eigenvalue weighted by Gasteiger charge is -2.34. The summed E-state index contributed by atoms with van der Waals surface area (Å²) in [5.74, 6) is 0.623. The van der Waals surface area contributed by atoms with Crippen LogP contribution in [0.15, 0.2) is 11.1 Å². The van der Waals surface area contributed by atoms with Crippen molar-refractivity contribution in [2.45, 2.75) is 103 Å². The Labute approximate surface area is 232 Å². The van der Waals surface area contributed by atoms with Crippen LogP contribution in [0.4, 0.5) is 5.95 Å². The number of aromatic nitrogens is 4. The van der Waals surface area contributed by atoms with Gasteiger partial charge in [-0.2, -0.15) is 4.98 Å². The van der Waals surface area contributed by atoms with Gasteiger partial charge in [0, 0.05) is 14.1 Å². The van der Waals surface area contributed by atoms with Crippen LogP contribution in [0.3, 0.4) is 0 Å². The molecule has 0 N–H and O–H groups in total. The van der Waals surface area contributed by atoms with Gasteiger partial charge in [-0.3, -0.25) is 9.36 Å². The minimum Gasteiger partial charge on any atom is -0.415 e. The lowest BCUT2D eigenvalue weighted by atomic mass is 10.1. The number of ether oxygens (including phenoxy) is 1. The molecule has 4 atom stereocenters. The van der Waals surface area contributed by atoms with Crippen molar-refractivity contribution < 1.29 is 18.0 Å². The second kappa shape index (κ2) is 10.7. The summed E-state index contributed by atoms with van der Waals surface area (Å²) >= 11 is 0. The van der Waals surface area contributed by atoms with Crippen molar-refractivity contribution in [3.8, 4) is 0 Å². The third-order valence-corrected chi connectivity index (χ3v) is 10.6. The van der Waals surface area contributed by atoms with E-state index in [9.17, 15) is 4.79 Å². The molecule has 3 rings (SSSR count). The van der Waals surface area contributed by atoms with Crippen LogP contribution in [-0.4, -0.2) is 91.0 Å². The molecule has 2 aromatic heterocycles. The Morgan fingerprint density at radius 2 is 1.45 bits per heavy atom. The van der Waals surface area contributed by atoms with Gasteiger partial charge in [0.15, 0.2) is 50.6 Å². The molecule has 14 heteroatoms. The standard InChI is InChI=1S/C24H49N5O5Si4/c1-27(2)24-26-21-18(22(30)29(24)35(3,4)5)25-16-28(21)23-20(34-38(12,13)14)19(33-37(9,10)11)17(32-23)15-31-36(6,7)8/h16-17,19-20,23H,15H2,1-14H3. The number of nitrogens with zero attached hydrogens (tertiary/aromatic N) is 5. The normalized spacial score (nSPS) is 23.4. The quantitative estimate of drug-likeness (QED) is 0.368. The Hall–Kier alpha value is -1.14. The predicted octanol–water partition coefficient (Wildman–Crippen LogP) is 4.53. The van der Waals surface area contributed by atoms with E-state index in [0.717, 1.165) is 0 Å². The van der Waals surface area contributed by atoms with E-state index in [1.54, 1.807) is 6.33 Å². The Balaban J connectivity index is 2.20. The molecule has 2 aromatic rings. The minimum absolute atomic E-state index is 0.120. The van der Waals surface area contributed by atoms with E-state index in [-0.39, 0.29) is 23.9 Å². The predicted molar refractivity (Wildman–Crippen MR) is 165 cm³/mol. The SMILES string of the molecule is CN(C)c1nc2c(ncn2C2OC(CO[Si](C)(C)C)C(O[Si](C)(C)C)C2O[Si](C)(C)C)c(=O)n1[Si](C)(C)C. The maximum absolute atomic E-state index is 13.7. The summed E-state index contributed by atoms with van der Waals surface area (Å²) in [5, 5.41) is 0. The van der Waals surface area contributed by atoms with Crippen molar-refractivity contribution in [3.63, 3.8) is 0 Å². The highest BCUT2D eigenvalue weighted by Crippen LogP contribution is 2.38. The number of rotatable bonds is 10. The molecule has 0 aromatic carbocycles. The van der Waals surface area contributed by atoms with E-state index in [4.69, 9.17) is 23.0 Å². The molecule has 3 heterocycles. The highest BCUT2D eigenvalue weighted by molar-refractivity contribution is 6.75. The van der Waals surface area contributed by atoms with E-state index < -0.39 is 39.4 Å². The van der Waals surface area contributed by atoms with Crippen molar-refractivity contribution in [1.82, 2.24) is 18.8 Å². The molecule has 1 saturated heterocycles. The van der Waals surface area contributed by atoms with Crippen LogP contribution in [0.2, 0.25) is 78.6 Å². The molecule has 4 unspecified atom stereocenters. The number of anilines is 1. The lowest BCUT2D eigenvalue weighted by molar-refractivity contribution is -0.0456. The van der Waals surface area contributed by atoms with Gasteiger partial charge >= 0.3 is 0 Å². The van der Waals surface area contributed by atoms with E-state index in [1.165, 1.54) is 0 Å². The van der Waals surface area contributed by atoms with E-state index >= 15 is 0 Å². The monoisotopic (exact) mass is 599 g/mol. The zero-order valence-corrected chi connectivity index (χ0v) is 29.9. The molecule has 0 amide bonds. The zero-order valence-electron chi connectivity index (χ0n) is 25.9. The summed E-state index contributed by atoms with van der Waals surface area (Å²) in [6.07, 6.45) is 0.125. The van der Waals surface area contributed by atoms with Crippen molar-refractivity contribution >= 4 is 50.3 Å². The number of imidazole rings is 1. The third kappa shape index (κ3) is 7.33. The fourth-order valence-electron chi connectivity index (χ4n) is 4.53. The first-order valence-corrected chi connectivity index (χ1v) is 27.1. The molecule has 1 aliphatic heterocycles. The second-order valence-corrected chi connectivity index (χ2v) is 32.5. The average Bonchev–Trinajstić information content (AvgIpc) is 3.24. The molecule has 0 spiro atoms. The lowest BCUT2D eigenvalue weighted by Crippen LogP contribution is -2.48. The smallest absolute Gasteiger partial charge is 0.275 e. The van der Waals surface area contributed by atoms with Gasteiger partial charge in [0.2, 0.25) is 5.95 Å². The highest BCUT2D eigenvalue weighted by atomic mass is 28.4. The van der Waals surface area contributed by atoms with Crippen molar-refractivity contribution in [2.75, 3.05) is 25.6 Å². The van der Waals surface area contributed by atoms with Crippen LogP contribution in [0.5, 0.6) is 0 Å². The highest BCUT2D eigenvalue weighted by Gasteiger charge is 2.50. The molecule has 38 heavy (non-hydrogen) atoms. The van der Waals surface area contributed by atoms with Gasteiger partial charge in [0.1, 0.15) is 18.3 Å². The van der Waals surface area contributed by atoms with E-state index in [2.05, 4.69) is 83.5 Å². The molecule has 216 valence electrons. The topological polar surface area (TPSA) is 92.9 Å². The average molecular weight is 600 g/mol. The van der Waals surface area contributed by atoms with Gasteiger partial charge in [-0.1, -0.05) is 19.6 Å². The molecule has 1 aliphatic rings. The summed E-state index contributed by atoms with van der Waals surface area (Å²) in [6, 6.07) is 0. The van der Waals surface area contributed by atoms with Crippen LogP contribution >= 0.6 is 0 Å². The van der Waals surface area contributed by atoms with Gasteiger partial charge in [-0.25, -0.2) is 4.98 Å². The fourth-order valence-corrected chi connectivity index (χ4v) is 8.93. The molecular weight excluding hydrogens is 551 g/mol. The molecule has 1 fully saturated rings. The Bertz CT molecular complexity index is 1190. The van der Waals surface area contributed by atoms with Crippen molar-refractivity contribution in [2.24, 2.45) is 0 Å². The van der Waals surface area contributed by atoms with Crippen LogP contribution < -0.4 is 10.5 Å². The van der Waals surface area contributed by atoms with Gasteiger partial charge < -0.3 is 27.1 Å². The van der Waals surface area contributed by atoms with Gasteiger partial charge in [0.25, 0.3) is 5.56 Å². The van der Waals surface area contributed by atoms with E-state index in [1.807, 2.05) is 27.8 Å². The Morgan fingerprint density at radius 1 is 0.895 bits per heavy atom. The molecule has 0 saturated carbocycles. The molecule has 10 nitrogen and oxygen atoms in total. The number of fused-ring (bicyclic) bond motifs is 1. The largest absolute Gasteiger partial charge is 0.415 e. The first-order chi connectivity index (χ1) is 17.1. The van der Waals surface area contributed by atoms with E-state index in [0.29, 0.717) is 23.7 Å². The Kier molecular flexibility index (Phi) is 8.82. The maximum atomic E-state index is 13.7. The number of hydrogen-bond donors (Lipinski definition) is 0. The summed E-state index contributed by atoms with van der Waals surface area (Å²) in [4.78, 5) is 25.2. The third-order valence-electron chi connectivity index (χ3n) is 5.87. The zero-order chi connectivity index (χ0) is 29.0. The van der Waals surface area contributed by atoms with Crippen LogP contribution in [0.1, 0.15) is 6.23 Å². The summed E-state index contributed by atoms with van der Waals surface area (Å²) in [6.45, 7) is 26.4. The molecule has 0 aliphatic carbocycles. The van der Waals surface area contributed by atoms with Crippen molar-refractivity contribution in [1.29, 1.82) is 0 Å². The van der Waals surface area contributed by atoms with Crippen LogP contribution in [-0.2, 0) is 18.0 Å². The molecule has 0 bridgehead atoms. The summed E-state index contributed by atoms with van der Waals surface area (Å²) < 4.78 is 30.3. The second-order valence-electron chi connectivity index (χ2n) is 14.3.